The van der Waals surface area contributed by atoms with Crippen LogP contribution >= 0.6 is 15.9 Å². The topological polar surface area (TPSA) is 69.6 Å². The number of alkyl halides is 3. The van der Waals surface area contributed by atoms with Crippen molar-refractivity contribution < 1.29 is 27.9 Å². The Morgan fingerprint density at radius 3 is 2.42 bits per heavy atom. The van der Waals surface area contributed by atoms with Gasteiger partial charge < -0.3 is 10.4 Å². The molecule has 26 heavy (non-hydrogen) atoms. The van der Waals surface area contributed by atoms with Crippen molar-refractivity contribution >= 4 is 39.3 Å². The van der Waals surface area contributed by atoms with E-state index in [1.807, 2.05) is 0 Å². The van der Waals surface area contributed by atoms with Crippen molar-refractivity contribution in [2.24, 2.45) is 0 Å². The summed E-state index contributed by atoms with van der Waals surface area (Å²) in [6.07, 6.45) is -5.70. The third-order valence-corrected chi connectivity index (χ3v) is 4.76. The van der Waals surface area contributed by atoms with Crippen LogP contribution in [0.25, 0.3) is 0 Å². The number of fused-ring (bicyclic) bond motifs is 1. The van der Waals surface area contributed by atoms with Crippen LogP contribution in [0.15, 0.2) is 46.9 Å². The maximum absolute atomic E-state index is 12.8. The molecular weight excluding hydrogens is 417 g/mol. The molecule has 1 atom stereocenters. The molecule has 0 aromatic heterocycles. The molecule has 2 aromatic rings. The van der Waals surface area contributed by atoms with Gasteiger partial charge in [-0.15, -0.1) is 0 Å². The molecule has 0 fully saturated rings. The van der Waals surface area contributed by atoms with Gasteiger partial charge in [0.05, 0.1) is 11.3 Å². The largest absolute Gasteiger partial charge is 0.465 e. The standard InChI is InChI=1S/C17H12BrF3N2O3/c18-12-2-1-3-14-11(12)8-13(22-16(25)26)15(24)23(14)10-6-4-9(5-7-10)17(19,20)21/h1-7,13,22H,8H2,(H,25,26). The van der Waals surface area contributed by atoms with Gasteiger partial charge in [-0.2, -0.15) is 13.2 Å². The minimum Gasteiger partial charge on any atom is -0.465 e. The Balaban J connectivity index is 2.08. The number of nitrogens with zero attached hydrogens (tertiary/aromatic N) is 1. The van der Waals surface area contributed by atoms with Crippen molar-refractivity contribution in [1.29, 1.82) is 0 Å². The number of rotatable bonds is 2. The van der Waals surface area contributed by atoms with Crippen LogP contribution in [0.4, 0.5) is 29.3 Å². The van der Waals surface area contributed by atoms with E-state index in [1.54, 1.807) is 18.2 Å². The first-order chi connectivity index (χ1) is 12.2. The summed E-state index contributed by atoms with van der Waals surface area (Å²) in [6.45, 7) is 0. The van der Waals surface area contributed by atoms with Gasteiger partial charge in [0, 0.05) is 16.6 Å². The van der Waals surface area contributed by atoms with Gasteiger partial charge in [-0.3, -0.25) is 9.69 Å². The number of benzene rings is 2. The van der Waals surface area contributed by atoms with Crippen molar-refractivity contribution in [3.8, 4) is 0 Å². The maximum atomic E-state index is 12.8. The second-order valence-corrected chi connectivity index (χ2v) is 6.52. The number of carboxylic acid groups (broad SMARTS) is 1. The first-order valence-electron chi connectivity index (χ1n) is 7.46. The summed E-state index contributed by atoms with van der Waals surface area (Å²) in [5, 5.41) is 11.1. The number of carbonyl (C=O) groups excluding carboxylic acids is 1. The average Bonchev–Trinajstić information content (AvgIpc) is 2.55. The summed E-state index contributed by atoms with van der Waals surface area (Å²) >= 11 is 3.37. The molecule has 0 saturated carbocycles. The normalized spacial score (nSPS) is 17.0. The van der Waals surface area contributed by atoms with Crippen LogP contribution in [-0.4, -0.2) is 23.1 Å². The number of halogens is 4. The van der Waals surface area contributed by atoms with Gasteiger partial charge in [0.15, 0.2) is 0 Å². The molecule has 2 N–H and O–H groups in total. The predicted molar refractivity (Wildman–Crippen MR) is 91.4 cm³/mol. The smallest absolute Gasteiger partial charge is 0.416 e. The lowest BCUT2D eigenvalue weighted by molar-refractivity contribution is -0.137. The summed E-state index contributed by atoms with van der Waals surface area (Å²) < 4.78 is 39.0. The van der Waals surface area contributed by atoms with Gasteiger partial charge in [0.25, 0.3) is 5.91 Å². The Hall–Kier alpha value is -2.55. The fourth-order valence-electron chi connectivity index (χ4n) is 2.85. The van der Waals surface area contributed by atoms with Gasteiger partial charge in [-0.05, 0) is 42.0 Å². The van der Waals surface area contributed by atoms with Crippen LogP contribution in [0.3, 0.4) is 0 Å². The first kappa shape index (κ1) is 18.2. The number of nitrogens with one attached hydrogen (secondary N) is 1. The highest BCUT2D eigenvalue weighted by Gasteiger charge is 2.36. The molecule has 0 aliphatic carbocycles. The number of anilines is 2. The highest BCUT2D eigenvalue weighted by molar-refractivity contribution is 9.10. The fraction of sp³-hybridized carbons (Fsp3) is 0.176. The second-order valence-electron chi connectivity index (χ2n) is 5.66. The monoisotopic (exact) mass is 428 g/mol. The maximum Gasteiger partial charge on any atom is 0.416 e. The van der Waals surface area contributed by atoms with E-state index in [0.717, 1.165) is 12.1 Å². The van der Waals surface area contributed by atoms with E-state index in [2.05, 4.69) is 21.2 Å². The lowest BCUT2D eigenvalue weighted by Gasteiger charge is -2.34. The second kappa shape index (κ2) is 6.64. The molecule has 1 heterocycles. The van der Waals surface area contributed by atoms with Crippen LogP contribution in [0.5, 0.6) is 0 Å². The van der Waals surface area contributed by atoms with Crippen molar-refractivity contribution in [3.63, 3.8) is 0 Å². The van der Waals surface area contributed by atoms with E-state index in [1.165, 1.54) is 17.0 Å². The van der Waals surface area contributed by atoms with Crippen LogP contribution in [0, 0.1) is 0 Å². The van der Waals surface area contributed by atoms with E-state index >= 15 is 0 Å². The van der Waals surface area contributed by atoms with Gasteiger partial charge in [0.2, 0.25) is 0 Å². The van der Waals surface area contributed by atoms with Crippen molar-refractivity contribution in [2.75, 3.05) is 4.90 Å². The van der Waals surface area contributed by atoms with Gasteiger partial charge in [-0.1, -0.05) is 22.0 Å². The molecule has 5 nitrogen and oxygen atoms in total. The van der Waals surface area contributed by atoms with Crippen LogP contribution in [0.2, 0.25) is 0 Å². The van der Waals surface area contributed by atoms with E-state index < -0.39 is 29.8 Å². The third kappa shape index (κ3) is 3.39. The molecule has 136 valence electrons. The third-order valence-electron chi connectivity index (χ3n) is 4.01. The Bertz CT molecular complexity index is 869. The zero-order chi connectivity index (χ0) is 19.1. The zero-order valence-corrected chi connectivity index (χ0v) is 14.6. The molecule has 0 saturated heterocycles. The van der Waals surface area contributed by atoms with E-state index in [-0.39, 0.29) is 12.1 Å². The highest BCUT2D eigenvalue weighted by Crippen LogP contribution is 2.39. The lowest BCUT2D eigenvalue weighted by Crippen LogP contribution is -2.51. The number of carbonyl (C=O) groups is 2. The molecule has 0 radical (unpaired) electrons. The van der Waals surface area contributed by atoms with Crippen molar-refractivity contribution in [3.05, 3.63) is 58.1 Å². The molecule has 2 aromatic carbocycles. The molecule has 1 unspecified atom stereocenters. The fourth-order valence-corrected chi connectivity index (χ4v) is 3.37. The number of amides is 2. The summed E-state index contributed by atoms with van der Waals surface area (Å²) in [5.41, 5.74) is 0.568. The summed E-state index contributed by atoms with van der Waals surface area (Å²) in [6, 6.07) is 8.20. The zero-order valence-electron chi connectivity index (χ0n) is 13.0. The summed E-state index contributed by atoms with van der Waals surface area (Å²) in [7, 11) is 0. The van der Waals surface area contributed by atoms with Crippen molar-refractivity contribution in [1.82, 2.24) is 5.32 Å². The summed E-state index contributed by atoms with van der Waals surface area (Å²) in [5.74, 6) is -0.558. The molecule has 9 heteroatoms. The Morgan fingerprint density at radius 2 is 1.85 bits per heavy atom. The Morgan fingerprint density at radius 1 is 1.19 bits per heavy atom. The number of hydrogen-bond donors (Lipinski definition) is 2. The van der Waals surface area contributed by atoms with Gasteiger partial charge in [0.1, 0.15) is 6.04 Å². The minimum absolute atomic E-state index is 0.138. The Kier molecular flexibility index (Phi) is 4.66. The average molecular weight is 429 g/mol. The van der Waals surface area contributed by atoms with Crippen LogP contribution in [-0.2, 0) is 17.4 Å². The SMILES string of the molecule is O=C(O)NC1Cc2c(Br)cccc2N(c2ccc(C(F)(F)F)cc2)C1=O. The van der Waals surface area contributed by atoms with E-state index in [9.17, 15) is 22.8 Å². The highest BCUT2D eigenvalue weighted by atomic mass is 79.9. The van der Waals surface area contributed by atoms with Crippen LogP contribution in [0.1, 0.15) is 11.1 Å². The number of hydrogen-bond acceptors (Lipinski definition) is 2. The Labute approximate surface area is 154 Å². The van der Waals surface area contributed by atoms with Crippen LogP contribution < -0.4 is 10.2 Å². The molecule has 0 spiro atoms. The predicted octanol–water partition coefficient (Wildman–Crippen LogP) is 4.32. The summed E-state index contributed by atoms with van der Waals surface area (Å²) in [4.78, 5) is 25.0. The lowest BCUT2D eigenvalue weighted by atomic mass is 9.96. The van der Waals surface area contributed by atoms with Gasteiger partial charge >= 0.3 is 12.3 Å². The quantitative estimate of drug-likeness (QED) is 0.747. The molecule has 1 aliphatic heterocycles. The van der Waals surface area contributed by atoms with E-state index in [0.29, 0.717) is 15.7 Å². The van der Waals surface area contributed by atoms with Crippen molar-refractivity contribution in [2.45, 2.75) is 18.6 Å². The van der Waals surface area contributed by atoms with E-state index in [4.69, 9.17) is 5.11 Å². The minimum atomic E-state index is -4.49. The molecule has 0 bridgehead atoms. The van der Waals surface area contributed by atoms with Gasteiger partial charge in [-0.25, -0.2) is 4.79 Å². The molecule has 3 rings (SSSR count). The molecule has 1 aliphatic rings. The molecular formula is C17H12BrF3N2O3. The first-order valence-corrected chi connectivity index (χ1v) is 8.26. The molecule has 2 amide bonds.